The summed E-state index contributed by atoms with van der Waals surface area (Å²) in [7, 11) is 0. The quantitative estimate of drug-likeness (QED) is 0.458. The van der Waals surface area contributed by atoms with Gasteiger partial charge in [0.05, 0.1) is 16.6 Å². The SMILES string of the molecule is C/C=C(C=N)/C(N)=C/C(=C\CC)n1c2ccccc2c2[nH]ccc21. The molecule has 0 spiro atoms. The second-order valence-corrected chi connectivity index (χ2v) is 5.62. The van der Waals surface area contributed by atoms with Crippen molar-refractivity contribution in [1.82, 2.24) is 9.55 Å². The highest BCUT2D eigenvalue weighted by atomic mass is 15.0. The highest BCUT2D eigenvalue weighted by Crippen LogP contribution is 2.31. The standard InChI is InChI=1S/C20H22N4/c1-3-7-15(12-17(22)14(4-2)13-21)24-18-9-6-5-8-16(18)20-19(24)10-11-23-20/h4-13,21,23H,3,22H2,1-2H3/b14-4+,15-7+,17-12-,21-13?. The maximum absolute atomic E-state index is 7.50. The van der Waals surface area contributed by atoms with E-state index in [1.165, 1.54) is 11.6 Å². The van der Waals surface area contributed by atoms with Crippen molar-refractivity contribution in [3.05, 3.63) is 66.0 Å². The summed E-state index contributed by atoms with van der Waals surface area (Å²) in [6.07, 6.45) is 10.1. The van der Waals surface area contributed by atoms with Gasteiger partial charge in [-0.1, -0.05) is 37.3 Å². The number of benzene rings is 1. The first-order chi connectivity index (χ1) is 11.7. The maximum atomic E-state index is 7.50. The molecule has 0 aliphatic heterocycles. The minimum Gasteiger partial charge on any atom is -0.398 e. The number of hydrogen-bond acceptors (Lipinski definition) is 2. The number of para-hydroxylation sites is 1. The molecule has 4 nitrogen and oxygen atoms in total. The molecule has 122 valence electrons. The average Bonchev–Trinajstić information content (AvgIpc) is 3.16. The van der Waals surface area contributed by atoms with Crippen LogP contribution in [-0.4, -0.2) is 15.8 Å². The molecule has 2 heterocycles. The summed E-state index contributed by atoms with van der Waals surface area (Å²) >= 11 is 0. The van der Waals surface area contributed by atoms with Crippen LogP contribution in [0.2, 0.25) is 0 Å². The summed E-state index contributed by atoms with van der Waals surface area (Å²) in [5.41, 5.74) is 11.9. The number of nitrogens with two attached hydrogens (primary N) is 1. The number of nitrogens with one attached hydrogen (secondary N) is 2. The first-order valence-electron chi connectivity index (χ1n) is 8.12. The van der Waals surface area contributed by atoms with Crippen molar-refractivity contribution in [3.63, 3.8) is 0 Å². The van der Waals surface area contributed by atoms with Crippen LogP contribution in [0.1, 0.15) is 20.3 Å². The Hall–Kier alpha value is -3.01. The molecule has 0 bridgehead atoms. The molecule has 2 aromatic heterocycles. The molecule has 1 aromatic carbocycles. The van der Waals surface area contributed by atoms with Crippen LogP contribution in [-0.2, 0) is 0 Å². The molecule has 24 heavy (non-hydrogen) atoms. The minimum absolute atomic E-state index is 0.591. The van der Waals surface area contributed by atoms with Crippen molar-refractivity contribution >= 4 is 33.8 Å². The van der Waals surface area contributed by atoms with Crippen LogP contribution in [0, 0.1) is 5.41 Å². The van der Waals surface area contributed by atoms with E-state index in [1.54, 1.807) is 0 Å². The predicted molar refractivity (Wildman–Crippen MR) is 103 cm³/mol. The molecule has 3 aromatic rings. The van der Waals surface area contributed by atoms with Gasteiger partial charge in [0.25, 0.3) is 0 Å². The molecule has 0 aliphatic carbocycles. The van der Waals surface area contributed by atoms with Crippen LogP contribution in [0.15, 0.2) is 66.0 Å². The molecular weight excluding hydrogens is 296 g/mol. The molecule has 0 radical (unpaired) electrons. The second-order valence-electron chi connectivity index (χ2n) is 5.62. The molecule has 0 atom stereocenters. The van der Waals surface area contributed by atoms with Gasteiger partial charge in [0, 0.05) is 34.8 Å². The summed E-state index contributed by atoms with van der Waals surface area (Å²) in [6.45, 7) is 4.00. The highest BCUT2D eigenvalue weighted by Gasteiger charge is 2.13. The lowest BCUT2D eigenvalue weighted by molar-refractivity contribution is 1.16. The third-order valence-electron chi connectivity index (χ3n) is 4.15. The normalized spacial score (nSPS) is 13.8. The van der Waals surface area contributed by atoms with Crippen molar-refractivity contribution in [1.29, 1.82) is 5.41 Å². The van der Waals surface area contributed by atoms with Crippen LogP contribution in [0.4, 0.5) is 0 Å². The van der Waals surface area contributed by atoms with Crippen molar-refractivity contribution in [2.45, 2.75) is 20.3 Å². The minimum atomic E-state index is 0.591. The van der Waals surface area contributed by atoms with Gasteiger partial charge in [0.15, 0.2) is 0 Å². The van der Waals surface area contributed by atoms with E-state index in [2.05, 4.69) is 40.7 Å². The smallest absolute Gasteiger partial charge is 0.0720 e. The van der Waals surface area contributed by atoms with Gasteiger partial charge >= 0.3 is 0 Å². The Kier molecular flexibility index (Phi) is 4.38. The van der Waals surface area contributed by atoms with Gasteiger partial charge in [-0.15, -0.1) is 0 Å². The van der Waals surface area contributed by atoms with Crippen LogP contribution in [0.3, 0.4) is 0 Å². The third-order valence-corrected chi connectivity index (χ3v) is 4.15. The zero-order chi connectivity index (χ0) is 17.1. The molecule has 3 rings (SSSR count). The van der Waals surface area contributed by atoms with Gasteiger partial charge in [-0.25, -0.2) is 0 Å². The lowest BCUT2D eigenvalue weighted by atomic mass is 10.1. The molecular formula is C20H22N4. The Morgan fingerprint density at radius 1 is 1.25 bits per heavy atom. The number of rotatable bonds is 5. The number of H-pyrrole nitrogens is 1. The molecule has 4 heteroatoms. The first kappa shape index (κ1) is 15.9. The molecule has 0 saturated heterocycles. The Bertz CT molecular complexity index is 980. The van der Waals surface area contributed by atoms with Gasteiger partial charge in [0.1, 0.15) is 0 Å². The number of hydrogen-bond donors (Lipinski definition) is 3. The van der Waals surface area contributed by atoms with E-state index < -0.39 is 0 Å². The number of aromatic nitrogens is 2. The van der Waals surface area contributed by atoms with Gasteiger partial charge in [0.2, 0.25) is 0 Å². The first-order valence-corrected chi connectivity index (χ1v) is 8.12. The van der Waals surface area contributed by atoms with Crippen LogP contribution in [0.25, 0.3) is 27.6 Å². The van der Waals surface area contributed by atoms with Crippen molar-refractivity contribution in [3.8, 4) is 0 Å². The fourth-order valence-electron chi connectivity index (χ4n) is 3.05. The molecule has 0 unspecified atom stereocenters. The van der Waals surface area contributed by atoms with Crippen molar-refractivity contribution < 1.29 is 0 Å². The van der Waals surface area contributed by atoms with E-state index in [9.17, 15) is 0 Å². The van der Waals surface area contributed by atoms with Gasteiger partial charge in [-0.3, -0.25) is 0 Å². The summed E-state index contributed by atoms with van der Waals surface area (Å²) in [5.74, 6) is 0. The Morgan fingerprint density at radius 2 is 2.04 bits per heavy atom. The average molecular weight is 318 g/mol. The summed E-state index contributed by atoms with van der Waals surface area (Å²) in [6, 6.07) is 10.4. The van der Waals surface area contributed by atoms with E-state index in [-0.39, 0.29) is 0 Å². The molecule has 0 aliphatic rings. The largest absolute Gasteiger partial charge is 0.398 e. The van der Waals surface area contributed by atoms with Gasteiger partial charge in [-0.05, 0) is 31.6 Å². The number of aromatic amines is 1. The van der Waals surface area contributed by atoms with Gasteiger partial charge < -0.3 is 20.7 Å². The summed E-state index contributed by atoms with van der Waals surface area (Å²) < 4.78 is 2.22. The van der Waals surface area contributed by atoms with Crippen LogP contribution >= 0.6 is 0 Å². The van der Waals surface area contributed by atoms with E-state index in [1.807, 2.05) is 37.4 Å². The molecule has 4 N–H and O–H groups in total. The second kappa shape index (κ2) is 6.62. The number of allylic oxidation sites excluding steroid dienone is 5. The van der Waals surface area contributed by atoms with Crippen LogP contribution < -0.4 is 5.73 Å². The van der Waals surface area contributed by atoms with E-state index in [0.29, 0.717) is 5.70 Å². The molecule has 0 fully saturated rings. The third kappa shape index (κ3) is 2.56. The van der Waals surface area contributed by atoms with Crippen molar-refractivity contribution in [2.24, 2.45) is 5.73 Å². The summed E-state index contributed by atoms with van der Waals surface area (Å²) in [5, 5.41) is 8.69. The highest BCUT2D eigenvalue weighted by molar-refractivity contribution is 6.08. The topological polar surface area (TPSA) is 70.6 Å². The number of fused-ring (bicyclic) bond motifs is 3. The Balaban J connectivity index is 2.28. The zero-order valence-corrected chi connectivity index (χ0v) is 14.0. The summed E-state index contributed by atoms with van der Waals surface area (Å²) in [4.78, 5) is 3.33. The van der Waals surface area contributed by atoms with Crippen molar-refractivity contribution in [2.75, 3.05) is 0 Å². The lowest BCUT2D eigenvalue weighted by Crippen LogP contribution is -2.04. The maximum Gasteiger partial charge on any atom is 0.0720 e. The Morgan fingerprint density at radius 3 is 2.75 bits per heavy atom. The van der Waals surface area contributed by atoms with E-state index in [4.69, 9.17) is 11.1 Å². The monoisotopic (exact) mass is 318 g/mol. The van der Waals surface area contributed by atoms with Crippen LogP contribution in [0.5, 0.6) is 0 Å². The molecule has 0 saturated carbocycles. The predicted octanol–water partition coefficient (Wildman–Crippen LogP) is 4.81. The number of nitrogens with zero attached hydrogens (tertiary/aromatic N) is 1. The molecule has 0 amide bonds. The zero-order valence-electron chi connectivity index (χ0n) is 14.0. The van der Waals surface area contributed by atoms with E-state index in [0.717, 1.165) is 34.2 Å². The van der Waals surface area contributed by atoms with E-state index >= 15 is 0 Å². The fourth-order valence-corrected chi connectivity index (χ4v) is 3.05. The lowest BCUT2D eigenvalue weighted by Gasteiger charge is -2.10. The fraction of sp³-hybridized carbons (Fsp3) is 0.150. The Labute approximate surface area is 141 Å². The van der Waals surface area contributed by atoms with Gasteiger partial charge in [-0.2, -0.15) is 0 Å².